The molecule has 0 aliphatic carbocycles. The van der Waals surface area contributed by atoms with Gasteiger partial charge in [0.1, 0.15) is 5.82 Å². The molecule has 1 N–H and O–H groups in total. The highest BCUT2D eigenvalue weighted by Gasteiger charge is 2.21. The fourth-order valence-electron chi connectivity index (χ4n) is 2.90. The lowest BCUT2D eigenvalue weighted by molar-refractivity contribution is 0.312. The first-order valence-electron chi connectivity index (χ1n) is 7.80. The Balaban J connectivity index is 2.86. The summed E-state index contributed by atoms with van der Waals surface area (Å²) in [5.74, 6) is 0.311. The molecule has 1 atom stereocenters. The first-order valence-corrected chi connectivity index (χ1v) is 8.18. The smallest absolute Gasteiger partial charge is 0.142 e. The second-order valence-corrected chi connectivity index (χ2v) is 5.80. The van der Waals surface area contributed by atoms with Crippen molar-refractivity contribution in [2.24, 2.45) is 5.92 Å². The average molecular weight is 300 g/mol. The lowest BCUT2D eigenvalue weighted by atomic mass is 9.86. The zero-order valence-electron chi connectivity index (χ0n) is 12.9. The lowest BCUT2D eigenvalue weighted by Gasteiger charge is -2.28. The number of rotatable bonds is 9. The van der Waals surface area contributed by atoms with Crippen LogP contribution >= 0.6 is 11.6 Å². The van der Waals surface area contributed by atoms with Gasteiger partial charge in [-0.05, 0) is 43.4 Å². The summed E-state index contributed by atoms with van der Waals surface area (Å²) in [5.41, 5.74) is 0.912. The first-order chi connectivity index (χ1) is 9.63. The third-order valence-corrected chi connectivity index (χ3v) is 4.25. The van der Waals surface area contributed by atoms with E-state index in [1.54, 1.807) is 6.07 Å². The van der Waals surface area contributed by atoms with E-state index >= 15 is 0 Å². The topological polar surface area (TPSA) is 12.0 Å². The molecule has 1 aromatic rings. The van der Waals surface area contributed by atoms with Crippen LogP contribution in [0.25, 0.3) is 0 Å². The molecular formula is C17H27ClFN. The van der Waals surface area contributed by atoms with E-state index in [0.29, 0.717) is 12.0 Å². The summed E-state index contributed by atoms with van der Waals surface area (Å²) in [6.07, 6.45) is 5.58. The molecular weight excluding hydrogens is 273 g/mol. The minimum absolute atomic E-state index is 0.280. The minimum Gasteiger partial charge on any atom is -0.314 e. The van der Waals surface area contributed by atoms with E-state index in [4.69, 9.17) is 11.6 Å². The van der Waals surface area contributed by atoms with Crippen LogP contribution in [0, 0.1) is 11.7 Å². The highest BCUT2D eigenvalue weighted by molar-refractivity contribution is 6.31. The average Bonchev–Trinajstić information content (AvgIpc) is 2.43. The number of likely N-dealkylation sites (N-methyl/N-ethyl adjacent to an activating group) is 1. The Labute approximate surface area is 127 Å². The number of hydrogen-bond acceptors (Lipinski definition) is 1. The molecule has 0 aliphatic heterocycles. The van der Waals surface area contributed by atoms with E-state index in [9.17, 15) is 4.39 Å². The van der Waals surface area contributed by atoms with Gasteiger partial charge < -0.3 is 5.32 Å². The predicted molar refractivity (Wildman–Crippen MR) is 85.9 cm³/mol. The molecule has 0 bridgehead atoms. The maximum atomic E-state index is 13.6. The van der Waals surface area contributed by atoms with Gasteiger partial charge in [0, 0.05) is 6.04 Å². The van der Waals surface area contributed by atoms with Crippen molar-refractivity contribution in [3.05, 3.63) is 34.6 Å². The summed E-state index contributed by atoms with van der Waals surface area (Å²) in [7, 11) is 0. The molecule has 0 spiro atoms. The fourth-order valence-corrected chi connectivity index (χ4v) is 3.10. The summed E-state index contributed by atoms with van der Waals surface area (Å²) in [6.45, 7) is 7.50. The van der Waals surface area contributed by atoms with Crippen molar-refractivity contribution in [3.63, 3.8) is 0 Å². The van der Waals surface area contributed by atoms with Crippen molar-refractivity contribution in [1.82, 2.24) is 5.32 Å². The Morgan fingerprint density at radius 2 is 1.80 bits per heavy atom. The van der Waals surface area contributed by atoms with Gasteiger partial charge >= 0.3 is 0 Å². The molecule has 0 aromatic heterocycles. The van der Waals surface area contributed by atoms with Gasteiger partial charge in [-0.2, -0.15) is 0 Å². The van der Waals surface area contributed by atoms with E-state index in [0.717, 1.165) is 18.5 Å². The van der Waals surface area contributed by atoms with Crippen LogP contribution in [0.3, 0.4) is 0 Å². The van der Waals surface area contributed by atoms with Crippen LogP contribution < -0.4 is 5.32 Å². The molecule has 0 saturated carbocycles. The Morgan fingerprint density at radius 1 is 1.15 bits per heavy atom. The molecule has 3 heteroatoms. The quantitative estimate of drug-likeness (QED) is 0.659. The molecule has 0 radical (unpaired) electrons. The SMILES string of the molecule is CCCC(CCC)C(Cc1cccc(F)c1Cl)NCC. The van der Waals surface area contributed by atoms with E-state index in [2.05, 4.69) is 26.1 Å². The summed E-state index contributed by atoms with van der Waals surface area (Å²) in [4.78, 5) is 0. The summed E-state index contributed by atoms with van der Waals surface area (Å²) in [6, 6.07) is 5.47. The summed E-state index contributed by atoms with van der Waals surface area (Å²) in [5, 5.41) is 3.85. The highest BCUT2D eigenvalue weighted by Crippen LogP contribution is 2.25. The van der Waals surface area contributed by atoms with Crippen LogP contribution in [-0.2, 0) is 6.42 Å². The fraction of sp³-hybridized carbons (Fsp3) is 0.647. The Kier molecular flexibility index (Phi) is 8.16. The van der Waals surface area contributed by atoms with Gasteiger partial charge in [0.2, 0.25) is 0 Å². The van der Waals surface area contributed by atoms with Crippen LogP contribution in [0.4, 0.5) is 4.39 Å². The van der Waals surface area contributed by atoms with Crippen molar-refractivity contribution in [2.75, 3.05) is 6.54 Å². The van der Waals surface area contributed by atoms with Crippen molar-refractivity contribution < 1.29 is 4.39 Å². The van der Waals surface area contributed by atoms with E-state index in [-0.39, 0.29) is 10.8 Å². The molecule has 1 unspecified atom stereocenters. The lowest BCUT2D eigenvalue weighted by Crippen LogP contribution is -2.38. The zero-order valence-corrected chi connectivity index (χ0v) is 13.6. The van der Waals surface area contributed by atoms with Gasteiger partial charge in [-0.3, -0.25) is 0 Å². The van der Waals surface area contributed by atoms with Crippen LogP contribution in [-0.4, -0.2) is 12.6 Å². The number of nitrogens with one attached hydrogen (secondary N) is 1. The molecule has 0 saturated heterocycles. The maximum absolute atomic E-state index is 13.6. The van der Waals surface area contributed by atoms with Gasteiger partial charge in [-0.1, -0.05) is 57.3 Å². The second kappa shape index (κ2) is 9.36. The molecule has 1 nitrogen and oxygen atoms in total. The molecule has 0 heterocycles. The van der Waals surface area contributed by atoms with Gasteiger partial charge in [0.05, 0.1) is 5.02 Å². The summed E-state index contributed by atoms with van der Waals surface area (Å²) < 4.78 is 13.6. The van der Waals surface area contributed by atoms with Gasteiger partial charge in [-0.15, -0.1) is 0 Å². The molecule has 0 aliphatic rings. The molecule has 20 heavy (non-hydrogen) atoms. The number of benzene rings is 1. The molecule has 0 amide bonds. The van der Waals surface area contributed by atoms with Crippen LogP contribution in [0.1, 0.15) is 52.0 Å². The molecule has 0 fully saturated rings. The molecule has 1 aromatic carbocycles. The number of hydrogen-bond donors (Lipinski definition) is 1. The minimum atomic E-state index is -0.318. The monoisotopic (exact) mass is 299 g/mol. The maximum Gasteiger partial charge on any atom is 0.142 e. The molecule has 114 valence electrons. The normalized spacial score (nSPS) is 12.9. The predicted octanol–water partition coefficient (Wildman–Crippen LogP) is 5.22. The van der Waals surface area contributed by atoms with Crippen molar-refractivity contribution >= 4 is 11.6 Å². The zero-order chi connectivity index (χ0) is 15.0. The van der Waals surface area contributed by atoms with Crippen LogP contribution in [0.5, 0.6) is 0 Å². The van der Waals surface area contributed by atoms with Crippen molar-refractivity contribution in [3.8, 4) is 0 Å². The van der Waals surface area contributed by atoms with Crippen LogP contribution in [0.15, 0.2) is 18.2 Å². The van der Waals surface area contributed by atoms with Gasteiger partial charge in [0.25, 0.3) is 0 Å². The number of halogens is 2. The Hall–Kier alpha value is -0.600. The Morgan fingerprint density at radius 3 is 2.35 bits per heavy atom. The second-order valence-electron chi connectivity index (χ2n) is 5.42. The van der Waals surface area contributed by atoms with Crippen molar-refractivity contribution in [1.29, 1.82) is 0 Å². The molecule has 1 rings (SSSR count). The highest BCUT2D eigenvalue weighted by atomic mass is 35.5. The first kappa shape index (κ1) is 17.5. The summed E-state index contributed by atoms with van der Waals surface area (Å²) >= 11 is 6.09. The largest absolute Gasteiger partial charge is 0.314 e. The third-order valence-electron chi connectivity index (χ3n) is 3.83. The standard InChI is InChI=1S/C17H27ClFN/c1-4-8-13(9-5-2)16(20-6-3)12-14-10-7-11-15(19)17(14)18/h7,10-11,13,16,20H,4-6,8-9,12H2,1-3H3. The third kappa shape index (κ3) is 5.06. The van der Waals surface area contributed by atoms with E-state index < -0.39 is 0 Å². The van der Waals surface area contributed by atoms with Crippen LogP contribution in [0.2, 0.25) is 5.02 Å². The van der Waals surface area contributed by atoms with Gasteiger partial charge in [-0.25, -0.2) is 4.39 Å². The van der Waals surface area contributed by atoms with Crippen molar-refractivity contribution in [2.45, 2.75) is 58.9 Å². The van der Waals surface area contributed by atoms with E-state index in [1.165, 1.54) is 31.7 Å². The van der Waals surface area contributed by atoms with E-state index in [1.807, 2.05) is 6.07 Å². The van der Waals surface area contributed by atoms with Gasteiger partial charge in [0.15, 0.2) is 0 Å². The Bertz CT molecular complexity index is 389.